The zero-order chi connectivity index (χ0) is 7.71. The van der Waals surface area contributed by atoms with Crippen LogP contribution < -0.4 is 19.6 Å². The first-order valence-electron chi connectivity index (χ1n) is 1.46. The van der Waals surface area contributed by atoms with Gasteiger partial charge in [-0.2, -0.15) is 0 Å². The molecule has 0 atom stereocenters. The molecule has 0 aromatic heterocycles. The SMILES string of the molecule is O=P([O-])([O-])OP(=O)([O-])[O-].[Hg]. The average molecular weight is 375 g/mol. The Labute approximate surface area is 76.4 Å². The minimum atomic E-state index is -5.68. The molecule has 0 amide bonds. The van der Waals surface area contributed by atoms with Gasteiger partial charge in [0.2, 0.25) is 0 Å². The van der Waals surface area contributed by atoms with Crippen LogP contribution in [0.2, 0.25) is 0 Å². The largest absolute Gasteiger partial charge is 0.790 e. The molecule has 0 aliphatic heterocycles. The van der Waals surface area contributed by atoms with Crippen molar-refractivity contribution in [1.29, 1.82) is 0 Å². The molecule has 0 spiro atoms. The Kier molecular flexibility index (Phi) is 5.89. The summed E-state index contributed by atoms with van der Waals surface area (Å²) in [7, 11) is -11.4. The smallest absolute Gasteiger partial charge is 0.0655 e. The zero-order valence-electron chi connectivity index (χ0n) is 4.46. The van der Waals surface area contributed by atoms with Crippen molar-refractivity contribution < 1.29 is 60.7 Å². The molecule has 0 fully saturated rings. The quantitative estimate of drug-likeness (QED) is 0.364. The average Bonchev–Trinajstić information content (AvgIpc) is 1.14. The van der Waals surface area contributed by atoms with E-state index in [0.717, 1.165) is 0 Å². The maximum absolute atomic E-state index is 9.32. The van der Waals surface area contributed by atoms with E-state index in [9.17, 15) is 28.7 Å². The molecule has 0 aliphatic carbocycles. The Balaban J connectivity index is 0. The van der Waals surface area contributed by atoms with Gasteiger partial charge in [-0.15, -0.1) is 0 Å². The first-order chi connectivity index (χ1) is 3.71. The number of rotatable bonds is 2. The summed E-state index contributed by atoms with van der Waals surface area (Å²) in [5.74, 6) is 0. The van der Waals surface area contributed by atoms with Crippen molar-refractivity contribution in [2.24, 2.45) is 0 Å². The maximum Gasteiger partial charge on any atom is 0.0655 e. The topological polar surface area (TPSA) is 136 Å². The summed E-state index contributed by atoms with van der Waals surface area (Å²) >= 11 is 0. The van der Waals surface area contributed by atoms with Crippen molar-refractivity contribution in [2.45, 2.75) is 0 Å². The van der Waals surface area contributed by atoms with E-state index < -0.39 is 15.6 Å². The molecule has 0 heterocycles. The van der Waals surface area contributed by atoms with E-state index in [2.05, 4.69) is 4.31 Å². The summed E-state index contributed by atoms with van der Waals surface area (Å²) in [4.78, 5) is 37.3. The third kappa shape index (κ3) is 11.9. The van der Waals surface area contributed by atoms with Gasteiger partial charge in [0.1, 0.15) is 0 Å². The second kappa shape index (κ2) is 4.28. The molecule has 0 aromatic rings. The molecule has 0 saturated carbocycles. The monoisotopic (exact) mass is 376 g/mol. The molecule has 10 heteroatoms. The van der Waals surface area contributed by atoms with E-state index in [1.165, 1.54) is 0 Å². The molecular formula is HgO7P2-4. The van der Waals surface area contributed by atoms with Crippen LogP contribution >= 0.6 is 15.6 Å². The van der Waals surface area contributed by atoms with E-state index in [-0.39, 0.29) is 27.7 Å². The van der Waals surface area contributed by atoms with Gasteiger partial charge in [-0.05, 0) is 0 Å². The third-order valence-electron chi connectivity index (χ3n) is 0.200. The van der Waals surface area contributed by atoms with Gasteiger partial charge in [0.15, 0.2) is 0 Å². The van der Waals surface area contributed by atoms with Gasteiger partial charge >= 0.3 is 0 Å². The molecule has 0 unspecified atom stereocenters. The van der Waals surface area contributed by atoms with Crippen LogP contribution in [0.5, 0.6) is 0 Å². The predicted octanol–water partition coefficient (Wildman–Crippen LogP) is -3.34. The van der Waals surface area contributed by atoms with Crippen LogP contribution in [0.3, 0.4) is 0 Å². The Morgan fingerprint density at radius 2 is 1.10 bits per heavy atom. The summed E-state index contributed by atoms with van der Waals surface area (Å²) in [5.41, 5.74) is 0. The Morgan fingerprint density at radius 3 is 1.10 bits per heavy atom. The first-order valence-corrected chi connectivity index (χ1v) is 4.38. The Morgan fingerprint density at radius 1 is 0.900 bits per heavy atom. The Hall–Kier alpha value is 1.20. The number of hydrogen-bond acceptors (Lipinski definition) is 7. The second-order valence-electron chi connectivity index (χ2n) is 0.976. The number of hydrogen-bond donors (Lipinski definition) is 0. The minimum absolute atomic E-state index is 0. The normalized spacial score (nSPS) is 12.4. The van der Waals surface area contributed by atoms with Crippen LogP contribution in [0.25, 0.3) is 0 Å². The van der Waals surface area contributed by atoms with Gasteiger partial charge in [0, 0.05) is 27.7 Å². The van der Waals surface area contributed by atoms with Crippen molar-refractivity contribution in [3.05, 3.63) is 0 Å². The Bertz CT molecular complexity index is 152. The van der Waals surface area contributed by atoms with Gasteiger partial charge in [-0.1, -0.05) is 0 Å². The van der Waals surface area contributed by atoms with Crippen molar-refractivity contribution in [1.82, 2.24) is 0 Å². The van der Waals surface area contributed by atoms with Crippen molar-refractivity contribution in [3.8, 4) is 0 Å². The molecule has 10 heavy (non-hydrogen) atoms. The molecule has 0 saturated heterocycles. The molecular weight excluding hydrogens is 375 g/mol. The molecule has 58 valence electrons. The van der Waals surface area contributed by atoms with Crippen LogP contribution in [0, 0.1) is 0 Å². The van der Waals surface area contributed by atoms with E-state index >= 15 is 0 Å². The van der Waals surface area contributed by atoms with Gasteiger partial charge in [0.25, 0.3) is 0 Å². The van der Waals surface area contributed by atoms with Crippen molar-refractivity contribution in [2.75, 3.05) is 0 Å². The van der Waals surface area contributed by atoms with Gasteiger partial charge in [-0.3, -0.25) is 0 Å². The second-order valence-corrected chi connectivity index (χ2v) is 3.42. The minimum Gasteiger partial charge on any atom is -0.790 e. The first kappa shape index (κ1) is 13.8. The predicted molar refractivity (Wildman–Crippen MR) is 16.3 cm³/mol. The van der Waals surface area contributed by atoms with Crippen LogP contribution in [0.4, 0.5) is 0 Å². The molecule has 0 N–H and O–H groups in total. The summed E-state index contributed by atoms with van der Waals surface area (Å²) in [6, 6.07) is 0. The molecule has 0 aromatic carbocycles. The molecule has 0 aliphatic rings. The van der Waals surface area contributed by atoms with Gasteiger partial charge in [0.05, 0.1) is 15.6 Å². The van der Waals surface area contributed by atoms with Crippen LogP contribution in [0.1, 0.15) is 0 Å². The van der Waals surface area contributed by atoms with E-state index in [1.54, 1.807) is 0 Å². The standard InChI is InChI=1S/Hg.H4O7P2/c;1-8(2,3)7-9(4,5)6/h;(H2,1,2,3)(H2,4,5,6)/p-4. The fourth-order valence-corrected chi connectivity index (χ4v) is 1.10. The van der Waals surface area contributed by atoms with Crippen LogP contribution in [-0.4, -0.2) is 0 Å². The summed E-state index contributed by atoms with van der Waals surface area (Å²) in [6.07, 6.45) is 0. The summed E-state index contributed by atoms with van der Waals surface area (Å²) in [6.45, 7) is 0. The van der Waals surface area contributed by atoms with Gasteiger partial charge in [-0.25, -0.2) is 0 Å². The van der Waals surface area contributed by atoms with E-state index in [0.29, 0.717) is 0 Å². The maximum atomic E-state index is 9.32. The molecule has 0 rings (SSSR count). The van der Waals surface area contributed by atoms with Crippen molar-refractivity contribution >= 4 is 15.6 Å². The van der Waals surface area contributed by atoms with Gasteiger partial charge < -0.3 is 33.0 Å². The summed E-state index contributed by atoms with van der Waals surface area (Å²) in [5, 5.41) is 0. The fraction of sp³-hybridized carbons (Fsp3) is 0. The van der Waals surface area contributed by atoms with E-state index in [4.69, 9.17) is 0 Å². The molecule has 0 bridgehead atoms. The summed E-state index contributed by atoms with van der Waals surface area (Å²) < 4.78 is 21.2. The van der Waals surface area contributed by atoms with Crippen LogP contribution in [-0.2, 0) is 41.1 Å². The van der Waals surface area contributed by atoms with E-state index in [1.807, 2.05) is 0 Å². The third-order valence-corrected chi connectivity index (χ3v) is 1.80. The molecule has 7 nitrogen and oxygen atoms in total. The zero-order valence-corrected chi connectivity index (χ0v) is 11.7. The van der Waals surface area contributed by atoms with Crippen molar-refractivity contribution in [3.63, 3.8) is 0 Å². The number of phosphoric acid groups is 2. The van der Waals surface area contributed by atoms with Crippen LogP contribution in [0.15, 0.2) is 0 Å². The fourth-order valence-electron chi connectivity index (χ4n) is 0.122. The molecule has 0 radical (unpaired) electrons.